The number of hydrogen-bond donors (Lipinski definition) is 0. The van der Waals surface area contributed by atoms with Crippen LogP contribution in [0.3, 0.4) is 0 Å². The average Bonchev–Trinajstić information content (AvgIpc) is 2.77. The van der Waals surface area contributed by atoms with E-state index in [1.165, 1.54) is 21.9 Å². The number of hydrogen-bond acceptors (Lipinski definition) is 3. The fourth-order valence-corrected chi connectivity index (χ4v) is 3.82. The summed E-state index contributed by atoms with van der Waals surface area (Å²) in [6.07, 6.45) is 0.574. The maximum absolute atomic E-state index is 6.08. The van der Waals surface area contributed by atoms with Gasteiger partial charge >= 0.3 is 0 Å². The Morgan fingerprint density at radius 2 is 1.41 bits per heavy atom. The molecule has 3 unspecified atom stereocenters. The van der Waals surface area contributed by atoms with Crippen LogP contribution in [-0.2, 0) is 9.47 Å². The molecule has 0 saturated carbocycles. The third-order valence-corrected chi connectivity index (χ3v) is 6.25. The van der Waals surface area contributed by atoms with Gasteiger partial charge in [0.05, 0.1) is 12.7 Å². The lowest BCUT2D eigenvalue weighted by Gasteiger charge is -2.27. The summed E-state index contributed by atoms with van der Waals surface area (Å²) in [6, 6.07) is 23.2. The Morgan fingerprint density at radius 1 is 0.750 bits per heavy atom. The molecule has 3 rings (SSSR count). The first-order valence-electron chi connectivity index (χ1n) is 11.7. The van der Waals surface area contributed by atoms with Gasteiger partial charge in [-0.1, -0.05) is 82.3 Å². The van der Waals surface area contributed by atoms with Crippen molar-refractivity contribution in [1.82, 2.24) is 0 Å². The maximum Gasteiger partial charge on any atom is 0.196 e. The Morgan fingerprint density at radius 3 is 2.12 bits per heavy atom. The van der Waals surface area contributed by atoms with E-state index in [4.69, 9.17) is 14.2 Å². The first kappa shape index (κ1) is 24.3. The highest BCUT2D eigenvalue weighted by atomic mass is 16.7. The van der Waals surface area contributed by atoms with Crippen molar-refractivity contribution in [2.45, 2.75) is 66.3 Å². The van der Waals surface area contributed by atoms with Gasteiger partial charge in [0.25, 0.3) is 0 Å². The second-order valence-corrected chi connectivity index (χ2v) is 9.65. The predicted molar refractivity (Wildman–Crippen MR) is 133 cm³/mol. The molecule has 32 heavy (non-hydrogen) atoms. The van der Waals surface area contributed by atoms with E-state index in [1.54, 1.807) is 0 Å². The number of rotatable bonds is 10. The third-order valence-electron chi connectivity index (χ3n) is 6.25. The second kappa shape index (κ2) is 11.0. The van der Waals surface area contributed by atoms with Gasteiger partial charge in [0.15, 0.2) is 6.29 Å². The zero-order chi connectivity index (χ0) is 23.1. The first-order chi connectivity index (χ1) is 15.3. The van der Waals surface area contributed by atoms with Crippen LogP contribution in [0.1, 0.15) is 71.1 Å². The smallest absolute Gasteiger partial charge is 0.196 e. The number of benzene rings is 3. The van der Waals surface area contributed by atoms with Gasteiger partial charge in [-0.2, -0.15) is 0 Å². The highest BCUT2D eigenvalue weighted by molar-refractivity contribution is 5.85. The van der Waals surface area contributed by atoms with Crippen LogP contribution < -0.4 is 4.74 Å². The Labute approximate surface area is 193 Å². The van der Waals surface area contributed by atoms with Gasteiger partial charge in [-0.15, -0.1) is 0 Å². The van der Waals surface area contributed by atoms with Crippen molar-refractivity contribution in [3.05, 3.63) is 77.9 Å². The van der Waals surface area contributed by atoms with E-state index in [9.17, 15) is 0 Å². The molecule has 3 heteroatoms. The molecule has 172 valence electrons. The quantitative estimate of drug-likeness (QED) is 0.240. The van der Waals surface area contributed by atoms with E-state index in [1.807, 2.05) is 19.1 Å². The summed E-state index contributed by atoms with van der Waals surface area (Å²) in [5.41, 5.74) is 2.80. The van der Waals surface area contributed by atoms with Gasteiger partial charge in [-0.25, -0.2) is 0 Å². The minimum Gasteiger partial charge on any atom is -0.465 e. The van der Waals surface area contributed by atoms with Gasteiger partial charge in [0.1, 0.15) is 5.75 Å². The van der Waals surface area contributed by atoms with E-state index in [0.29, 0.717) is 19.1 Å². The van der Waals surface area contributed by atoms with E-state index >= 15 is 0 Å². The van der Waals surface area contributed by atoms with Gasteiger partial charge in [0.2, 0.25) is 0 Å². The highest BCUT2D eigenvalue weighted by Crippen LogP contribution is 2.35. The van der Waals surface area contributed by atoms with Crippen molar-refractivity contribution in [2.75, 3.05) is 13.2 Å². The minimum atomic E-state index is -0.295. The fourth-order valence-electron chi connectivity index (χ4n) is 3.82. The SMILES string of the molecule is CC(OCCCOC(C)c1cccc2ccccc12)Oc1ccc(C(C)C(C)(C)C)cc1. The molecule has 0 fully saturated rings. The van der Waals surface area contributed by atoms with Gasteiger partial charge < -0.3 is 14.2 Å². The topological polar surface area (TPSA) is 27.7 Å². The Balaban J connectivity index is 1.39. The third kappa shape index (κ3) is 6.57. The van der Waals surface area contributed by atoms with E-state index in [0.717, 1.165) is 12.2 Å². The summed E-state index contributed by atoms with van der Waals surface area (Å²) in [5.74, 6) is 1.32. The summed E-state index contributed by atoms with van der Waals surface area (Å²) in [5, 5.41) is 2.50. The van der Waals surface area contributed by atoms with Crippen LogP contribution in [0.4, 0.5) is 0 Å². The monoisotopic (exact) mass is 434 g/mol. The molecule has 0 bridgehead atoms. The van der Waals surface area contributed by atoms with Crippen molar-refractivity contribution in [3.63, 3.8) is 0 Å². The van der Waals surface area contributed by atoms with Crippen LogP contribution in [-0.4, -0.2) is 19.5 Å². The molecule has 3 nitrogen and oxygen atoms in total. The lowest BCUT2D eigenvalue weighted by atomic mass is 9.78. The van der Waals surface area contributed by atoms with Crippen molar-refractivity contribution in [3.8, 4) is 5.75 Å². The minimum absolute atomic E-state index is 0.0452. The van der Waals surface area contributed by atoms with E-state index in [2.05, 4.69) is 89.2 Å². The molecule has 0 N–H and O–H groups in total. The molecule has 0 amide bonds. The predicted octanol–water partition coefficient (Wildman–Crippen LogP) is 7.90. The molecule has 3 atom stereocenters. The molecule has 0 aliphatic carbocycles. The Bertz CT molecular complexity index is 966. The molecule has 0 saturated heterocycles. The molecule has 0 aromatic heterocycles. The normalized spacial score (nSPS) is 14.8. The van der Waals surface area contributed by atoms with Crippen LogP contribution in [0.2, 0.25) is 0 Å². The molecular formula is C29H38O3. The zero-order valence-electron chi connectivity index (χ0n) is 20.4. The molecule has 0 aliphatic rings. The first-order valence-corrected chi connectivity index (χ1v) is 11.7. The van der Waals surface area contributed by atoms with Gasteiger partial charge in [0, 0.05) is 6.61 Å². The summed E-state index contributed by atoms with van der Waals surface area (Å²) in [4.78, 5) is 0. The Hall–Kier alpha value is -2.36. The number of fused-ring (bicyclic) bond motifs is 1. The molecule has 0 spiro atoms. The molecular weight excluding hydrogens is 396 g/mol. The van der Waals surface area contributed by atoms with Crippen LogP contribution >= 0.6 is 0 Å². The van der Waals surface area contributed by atoms with Crippen LogP contribution in [0.15, 0.2) is 66.7 Å². The summed E-state index contributed by atoms with van der Waals surface area (Å²) in [6.45, 7) is 14.4. The molecule has 3 aromatic carbocycles. The summed E-state index contributed by atoms with van der Waals surface area (Å²) >= 11 is 0. The van der Waals surface area contributed by atoms with Crippen molar-refractivity contribution >= 4 is 10.8 Å². The zero-order valence-corrected chi connectivity index (χ0v) is 20.4. The number of ether oxygens (including phenoxy) is 3. The fraction of sp³-hybridized carbons (Fsp3) is 0.448. The van der Waals surface area contributed by atoms with E-state index < -0.39 is 0 Å². The second-order valence-electron chi connectivity index (χ2n) is 9.65. The van der Waals surface area contributed by atoms with Crippen molar-refractivity contribution in [2.24, 2.45) is 5.41 Å². The average molecular weight is 435 g/mol. The van der Waals surface area contributed by atoms with Gasteiger partial charge in [-0.05, 0) is 65.6 Å². The highest BCUT2D eigenvalue weighted by Gasteiger charge is 2.21. The summed E-state index contributed by atoms with van der Waals surface area (Å²) in [7, 11) is 0. The molecule has 0 radical (unpaired) electrons. The lowest BCUT2D eigenvalue weighted by molar-refractivity contribution is -0.0737. The van der Waals surface area contributed by atoms with Crippen LogP contribution in [0.5, 0.6) is 5.75 Å². The van der Waals surface area contributed by atoms with Crippen molar-refractivity contribution in [1.29, 1.82) is 0 Å². The van der Waals surface area contributed by atoms with Crippen molar-refractivity contribution < 1.29 is 14.2 Å². The van der Waals surface area contributed by atoms with Crippen LogP contribution in [0, 0.1) is 5.41 Å². The maximum atomic E-state index is 6.08. The van der Waals surface area contributed by atoms with Crippen LogP contribution in [0.25, 0.3) is 10.8 Å². The van der Waals surface area contributed by atoms with Gasteiger partial charge in [-0.3, -0.25) is 0 Å². The summed E-state index contributed by atoms with van der Waals surface area (Å²) < 4.78 is 17.8. The molecule has 0 heterocycles. The Kier molecular flexibility index (Phi) is 8.33. The van der Waals surface area contributed by atoms with E-state index in [-0.39, 0.29) is 17.8 Å². The lowest BCUT2D eigenvalue weighted by Crippen LogP contribution is -2.18. The molecule has 3 aromatic rings. The molecule has 0 aliphatic heterocycles. The largest absolute Gasteiger partial charge is 0.465 e. The standard InChI is InChI=1S/C29H38O3/c1-21(29(4,5)6)24-15-17-26(18-16-24)32-23(3)31-20-10-19-30-22(2)27-14-9-12-25-11-7-8-13-28(25)27/h7-9,11-18,21-23H,10,19-20H2,1-6H3.